The number of carboxylic acid groups (broad SMARTS) is 1. The number of hydrogen-bond acceptors (Lipinski definition) is 2. The smallest absolute Gasteiger partial charge is 0.337 e. The van der Waals surface area contributed by atoms with Gasteiger partial charge in [0.05, 0.1) is 17.0 Å². The summed E-state index contributed by atoms with van der Waals surface area (Å²) in [5.74, 6) is -0.984. The lowest BCUT2D eigenvalue weighted by Crippen LogP contribution is -1.97. The van der Waals surface area contributed by atoms with Gasteiger partial charge in [0, 0.05) is 22.1 Å². The minimum absolute atomic E-state index is 0.169. The van der Waals surface area contributed by atoms with E-state index in [1.807, 2.05) is 24.3 Å². The Bertz CT molecular complexity index is 763. The van der Waals surface area contributed by atoms with Gasteiger partial charge in [0.25, 0.3) is 0 Å². The van der Waals surface area contributed by atoms with Crippen molar-refractivity contribution in [2.45, 2.75) is 0 Å². The maximum Gasteiger partial charge on any atom is 0.337 e. The molecule has 0 amide bonds. The Morgan fingerprint density at radius 2 is 2.05 bits per heavy atom. The Labute approximate surface area is 113 Å². The minimum atomic E-state index is -0.984. The van der Waals surface area contributed by atoms with Crippen molar-refractivity contribution in [3.63, 3.8) is 0 Å². The van der Waals surface area contributed by atoms with Crippen LogP contribution >= 0.6 is 11.6 Å². The highest BCUT2D eigenvalue weighted by molar-refractivity contribution is 6.31. The van der Waals surface area contributed by atoms with E-state index in [1.54, 1.807) is 6.07 Å². The van der Waals surface area contributed by atoms with E-state index in [4.69, 9.17) is 16.7 Å². The lowest BCUT2D eigenvalue weighted by atomic mass is 10.2. The molecular weight excluding hydrogens is 264 g/mol. The van der Waals surface area contributed by atoms with E-state index < -0.39 is 5.97 Å². The topological polar surface area (TPSA) is 66.0 Å². The summed E-state index contributed by atoms with van der Waals surface area (Å²) in [6.45, 7) is 0. The van der Waals surface area contributed by atoms with Crippen LogP contribution in [0.1, 0.15) is 10.4 Å². The Hall–Kier alpha value is -2.33. The van der Waals surface area contributed by atoms with Crippen LogP contribution in [-0.2, 0) is 0 Å². The van der Waals surface area contributed by atoms with Crippen molar-refractivity contribution >= 4 is 28.5 Å². The molecule has 94 valence electrons. The van der Waals surface area contributed by atoms with Gasteiger partial charge in [-0.05, 0) is 36.4 Å². The third-order valence-electron chi connectivity index (χ3n) is 2.87. The maximum atomic E-state index is 10.8. The highest BCUT2D eigenvalue weighted by atomic mass is 35.5. The number of nitrogens with one attached hydrogen (secondary N) is 1. The summed E-state index contributed by atoms with van der Waals surface area (Å²) < 4.78 is 0. The number of aromatic nitrogens is 2. The third-order valence-corrected chi connectivity index (χ3v) is 3.10. The number of rotatable bonds is 2. The number of pyridine rings is 1. The quantitative estimate of drug-likeness (QED) is 0.749. The van der Waals surface area contributed by atoms with Crippen molar-refractivity contribution in [1.82, 2.24) is 9.97 Å². The normalized spacial score (nSPS) is 10.8. The standard InChI is InChI=1S/C14H9ClN2O2/c15-10-2-4-11-9(5-10)6-13(17-11)12-3-1-8(7-16-12)14(18)19/h1-7,17H,(H,18,19). The minimum Gasteiger partial charge on any atom is -0.478 e. The van der Waals surface area contributed by atoms with Crippen LogP contribution in [-0.4, -0.2) is 21.0 Å². The van der Waals surface area contributed by atoms with Crippen LogP contribution in [0.15, 0.2) is 42.6 Å². The molecule has 3 rings (SSSR count). The molecule has 0 aliphatic carbocycles. The molecule has 0 unspecified atom stereocenters. The predicted octanol–water partition coefficient (Wildman–Crippen LogP) is 3.58. The van der Waals surface area contributed by atoms with Gasteiger partial charge in [0.15, 0.2) is 0 Å². The molecule has 0 atom stereocenters. The fourth-order valence-electron chi connectivity index (χ4n) is 1.92. The second-order valence-electron chi connectivity index (χ2n) is 4.15. The highest BCUT2D eigenvalue weighted by Gasteiger charge is 2.07. The summed E-state index contributed by atoms with van der Waals surface area (Å²) >= 11 is 5.93. The van der Waals surface area contributed by atoms with Gasteiger partial charge in [0.2, 0.25) is 0 Å². The molecule has 2 heterocycles. The van der Waals surface area contributed by atoms with Crippen molar-refractivity contribution in [2.24, 2.45) is 0 Å². The molecule has 3 aromatic rings. The van der Waals surface area contributed by atoms with E-state index in [0.717, 1.165) is 16.6 Å². The number of hydrogen-bond donors (Lipinski definition) is 2. The van der Waals surface area contributed by atoms with Crippen LogP contribution in [0.5, 0.6) is 0 Å². The molecule has 0 aliphatic heterocycles. The summed E-state index contributed by atoms with van der Waals surface area (Å²) in [5, 5.41) is 10.5. The predicted molar refractivity (Wildman–Crippen MR) is 73.5 cm³/mol. The van der Waals surface area contributed by atoms with Crippen molar-refractivity contribution in [3.05, 3.63) is 53.2 Å². The monoisotopic (exact) mass is 272 g/mol. The van der Waals surface area contributed by atoms with E-state index in [-0.39, 0.29) is 5.56 Å². The average molecular weight is 273 g/mol. The number of carboxylic acids is 1. The number of aromatic amines is 1. The van der Waals surface area contributed by atoms with Gasteiger partial charge >= 0.3 is 5.97 Å². The number of carbonyl (C=O) groups is 1. The Balaban J connectivity index is 2.06. The molecule has 0 saturated heterocycles. The molecular formula is C14H9ClN2O2. The largest absolute Gasteiger partial charge is 0.478 e. The number of halogens is 1. The molecule has 0 saturated carbocycles. The zero-order chi connectivity index (χ0) is 13.4. The van der Waals surface area contributed by atoms with Gasteiger partial charge in [-0.25, -0.2) is 4.79 Å². The highest BCUT2D eigenvalue weighted by Crippen LogP contribution is 2.25. The van der Waals surface area contributed by atoms with E-state index in [2.05, 4.69) is 9.97 Å². The Kier molecular flexibility index (Phi) is 2.72. The van der Waals surface area contributed by atoms with Crippen molar-refractivity contribution in [3.8, 4) is 11.4 Å². The van der Waals surface area contributed by atoms with Crippen LogP contribution in [0.2, 0.25) is 5.02 Å². The number of benzene rings is 1. The molecule has 4 nitrogen and oxygen atoms in total. The first kappa shape index (κ1) is 11.7. The first-order chi connectivity index (χ1) is 9.13. The van der Waals surface area contributed by atoms with Crippen LogP contribution in [0.25, 0.3) is 22.3 Å². The number of nitrogens with zero attached hydrogens (tertiary/aromatic N) is 1. The van der Waals surface area contributed by atoms with Crippen molar-refractivity contribution < 1.29 is 9.90 Å². The van der Waals surface area contributed by atoms with E-state index in [9.17, 15) is 4.79 Å². The van der Waals surface area contributed by atoms with Gasteiger partial charge in [-0.1, -0.05) is 11.6 Å². The second-order valence-corrected chi connectivity index (χ2v) is 4.59. The van der Waals surface area contributed by atoms with E-state index >= 15 is 0 Å². The summed E-state index contributed by atoms with van der Waals surface area (Å²) in [6, 6.07) is 10.7. The molecule has 19 heavy (non-hydrogen) atoms. The Morgan fingerprint density at radius 1 is 1.21 bits per heavy atom. The fourth-order valence-corrected chi connectivity index (χ4v) is 2.10. The van der Waals surface area contributed by atoms with Crippen LogP contribution in [0.4, 0.5) is 0 Å². The molecule has 0 bridgehead atoms. The van der Waals surface area contributed by atoms with Crippen LogP contribution < -0.4 is 0 Å². The maximum absolute atomic E-state index is 10.8. The summed E-state index contributed by atoms with van der Waals surface area (Å²) in [7, 11) is 0. The lowest BCUT2D eigenvalue weighted by Gasteiger charge is -1.97. The number of aromatic carboxylic acids is 1. The Morgan fingerprint density at radius 3 is 2.74 bits per heavy atom. The van der Waals surface area contributed by atoms with Crippen LogP contribution in [0.3, 0.4) is 0 Å². The number of fused-ring (bicyclic) bond motifs is 1. The molecule has 0 radical (unpaired) electrons. The van der Waals surface area contributed by atoms with Gasteiger partial charge in [-0.3, -0.25) is 4.98 Å². The molecule has 2 aromatic heterocycles. The van der Waals surface area contributed by atoms with E-state index in [1.165, 1.54) is 12.3 Å². The molecule has 0 fully saturated rings. The van der Waals surface area contributed by atoms with Gasteiger partial charge in [-0.2, -0.15) is 0 Å². The van der Waals surface area contributed by atoms with Gasteiger partial charge in [-0.15, -0.1) is 0 Å². The average Bonchev–Trinajstić information content (AvgIpc) is 2.81. The molecule has 0 spiro atoms. The zero-order valence-electron chi connectivity index (χ0n) is 9.72. The molecule has 2 N–H and O–H groups in total. The van der Waals surface area contributed by atoms with Crippen molar-refractivity contribution in [1.29, 1.82) is 0 Å². The van der Waals surface area contributed by atoms with Crippen molar-refractivity contribution in [2.75, 3.05) is 0 Å². The third kappa shape index (κ3) is 2.18. The van der Waals surface area contributed by atoms with Gasteiger partial charge < -0.3 is 10.1 Å². The van der Waals surface area contributed by atoms with E-state index in [0.29, 0.717) is 10.7 Å². The summed E-state index contributed by atoms with van der Waals surface area (Å²) in [5.41, 5.74) is 2.65. The fraction of sp³-hybridized carbons (Fsp3) is 0. The van der Waals surface area contributed by atoms with Gasteiger partial charge in [0.1, 0.15) is 0 Å². The molecule has 5 heteroatoms. The first-order valence-corrected chi connectivity index (χ1v) is 5.99. The number of H-pyrrole nitrogens is 1. The summed E-state index contributed by atoms with van der Waals surface area (Å²) in [6.07, 6.45) is 1.34. The van der Waals surface area contributed by atoms with Crippen LogP contribution in [0, 0.1) is 0 Å². The summed E-state index contributed by atoms with van der Waals surface area (Å²) in [4.78, 5) is 18.1. The molecule has 1 aromatic carbocycles. The first-order valence-electron chi connectivity index (χ1n) is 5.61. The zero-order valence-corrected chi connectivity index (χ0v) is 10.5. The second kappa shape index (κ2) is 4.40. The lowest BCUT2D eigenvalue weighted by molar-refractivity contribution is 0.0696. The SMILES string of the molecule is O=C(O)c1ccc(-c2cc3cc(Cl)ccc3[nH]2)nc1. The molecule has 0 aliphatic rings.